The summed E-state index contributed by atoms with van der Waals surface area (Å²) in [5, 5.41) is 9.53. The molecule has 0 atom stereocenters. The van der Waals surface area contributed by atoms with Crippen molar-refractivity contribution in [2.75, 3.05) is 0 Å². The maximum atomic E-state index is 9.53. The van der Waals surface area contributed by atoms with Gasteiger partial charge in [-0.25, -0.2) is 0 Å². The molecular weight excluding hydrogens is 220 g/mol. The van der Waals surface area contributed by atoms with Crippen molar-refractivity contribution in [3.05, 3.63) is 35.4 Å². The third-order valence-corrected chi connectivity index (χ3v) is 2.79. The zero-order chi connectivity index (χ0) is 13.4. The van der Waals surface area contributed by atoms with Gasteiger partial charge in [0.15, 0.2) is 0 Å². The first-order chi connectivity index (χ1) is 8.51. The molecule has 0 aliphatic heterocycles. The molecule has 0 unspecified atom stereocenters. The van der Waals surface area contributed by atoms with E-state index in [0.29, 0.717) is 0 Å². The molecule has 0 saturated carbocycles. The number of unbranched alkanes of at least 4 members (excludes halogenated alkanes) is 3. The Bertz CT molecular complexity index is 398. The van der Waals surface area contributed by atoms with Crippen molar-refractivity contribution in [2.45, 2.75) is 58.5 Å². The summed E-state index contributed by atoms with van der Waals surface area (Å²) in [6.07, 6.45) is 6.35. The summed E-state index contributed by atoms with van der Waals surface area (Å²) >= 11 is 0. The molecule has 1 aromatic rings. The molecule has 1 aromatic carbocycles. The Hall–Kier alpha value is -1.26. The number of hydrogen-bond donors (Lipinski definition) is 1. The Morgan fingerprint density at radius 1 is 1.06 bits per heavy atom. The van der Waals surface area contributed by atoms with Crippen LogP contribution in [0.4, 0.5) is 0 Å². The van der Waals surface area contributed by atoms with Crippen molar-refractivity contribution in [1.29, 1.82) is 0 Å². The minimum atomic E-state index is -0.918. The summed E-state index contributed by atoms with van der Waals surface area (Å²) in [5.41, 5.74) is 1.42. The molecule has 0 aliphatic rings. The van der Waals surface area contributed by atoms with Gasteiger partial charge in [0.25, 0.3) is 0 Å². The van der Waals surface area contributed by atoms with Crippen molar-refractivity contribution in [2.24, 2.45) is 0 Å². The molecule has 0 saturated heterocycles. The van der Waals surface area contributed by atoms with E-state index in [1.807, 2.05) is 12.1 Å². The van der Waals surface area contributed by atoms with Crippen LogP contribution in [-0.4, -0.2) is 10.7 Å². The van der Waals surface area contributed by atoms with Crippen molar-refractivity contribution in [3.63, 3.8) is 0 Å². The van der Waals surface area contributed by atoms with Crippen LogP contribution in [-0.2, 0) is 6.42 Å². The normalized spacial score (nSPS) is 10.9. The molecule has 0 radical (unpaired) electrons. The smallest absolute Gasteiger partial charge is 0.120 e. The second kappa shape index (κ2) is 7.24. The number of rotatable bonds is 5. The summed E-state index contributed by atoms with van der Waals surface area (Å²) in [4.78, 5) is 0. The SMILES string of the molecule is CCCCCCc1ccc(C#CC(C)(C)O)cc1. The van der Waals surface area contributed by atoms with E-state index in [9.17, 15) is 5.11 Å². The first-order valence-corrected chi connectivity index (χ1v) is 6.86. The highest BCUT2D eigenvalue weighted by Crippen LogP contribution is 2.09. The number of benzene rings is 1. The summed E-state index contributed by atoms with van der Waals surface area (Å²) in [6, 6.07) is 8.35. The molecule has 1 rings (SSSR count). The molecule has 18 heavy (non-hydrogen) atoms. The molecule has 0 heterocycles. The van der Waals surface area contributed by atoms with Crippen LogP contribution in [0.5, 0.6) is 0 Å². The van der Waals surface area contributed by atoms with Gasteiger partial charge in [-0.1, -0.05) is 50.2 Å². The lowest BCUT2D eigenvalue weighted by atomic mass is 10.0. The zero-order valence-corrected chi connectivity index (χ0v) is 11.8. The first-order valence-electron chi connectivity index (χ1n) is 6.86. The molecule has 1 nitrogen and oxygen atoms in total. The van der Waals surface area contributed by atoms with Gasteiger partial charge in [0.05, 0.1) is 0 Å². The van der Waals surface area contributed by atoms with Crippen LogP contribution >= 0.6 is 0 Å². The standard InChI is InChI=1S/C17H24O/c1-4-5-6-7-8-15-9-11-16(12-10-15)13-14-17(2,3)18/h9-12,18H,4-8H2,1-3H3. The van der Waals surface area contributed by atoms with Gasteiger partial charge in [0.1, 0.15) is 5.60 Å². The molecule has 0 bridgehead atoms. The van der Waals surface area contributed by atoms with E-state index in [1.54, 1.807) is 13.8 Å². The molecule has 1 heteroatoms. The topological polar surface area (TPSA) is 20.2 Å². The summed E-state index contributed by atoms with van der Waals surface area (Å²) < 4.78 is 0. The van der Waals surface area contributed by atoms with Gasteiger partial charge in [-0.05, 0) is 44.4 Å². The first kappa shape index (κ1) is 14.8. The summed E-state index contributed by atoms with van der Waals surface area (Å²) in [6.45, 7) is 5.63. The lowest BCUT2D eigenvalue weighted by molar-refractivity contribution is 0.143. The molecule has 0 aromatic heterocycles. The minimum absolute atomic E-state index is 0.918. The van der Waals surface area contributed by atoms with Crippen molar-refractivity contribution >= 4 is 0 Å². The van der Waals surface area contributed by atoms with E-state index in [0.717, 1.165) is 12.0 Å². The van der Waals surface area contributed by atoms with Crippen LogP contribution in [0.2, 0.25) is 0 Å². The van der Waals surface area contributed by atoms with Crippen molar-refractivity contribution in [3.8, 4) is 11.8 Å². The lowest BCUT2D eigenvalue weighted by Crippen LogP contribution is -2.14. The monoisotopic (exact) mass is 244 g/mol. The molecular formula is C17H24O. The fourth-order valence-corrected chi connectivity index (χ4v) is 1.74. The Balaban J connectivity index is 2.49. The predicted molar refractivity (Wildman–Crippen MR) is 77.5 cm³/mol. The predicted octanol–water partition coefficient (Wildman–Crippen LogP) is 3.93. The Morgan fingerprint density at radius 2 is 1.72 bits per heavy atom. The van der Waals surface area contributed by atoms with Gasteiger partial charge in [-0.15, -0.1) is 0 Å². The Labute approximate surface area is 111 Å². The Kier molecular flexibility index (Phi) is 5.95. The van der Waals surface area contributed by atoms with Crippen molar-refractivity contribution in [1.82, 2.24) is 0 Å². The van der Waals surface area contributed by atoms with Crippen LogP contribution in [0.3, 0.4) is 0 Å². The fourth-order valence-electron chi connectivity index (χ4n) is 1.74. The van der Waals surface area contributed by atoms with Gasteiger partial charge in [0.2, 0.25) is 0 Å². The van der Waals surface area contributed by atoms with Crippen LogP contribution in [0.1, 0.15) is 57.6 Å². The lowest BCUT2D eigenvalue weighted by Gasteiger charge is -2.06. The quantitative estimate of drug-likeness (QED) is 0.614. The molecule has 1 N–H and O–H groups in total. The largest absolute Gasteiger partial charge is 0.378 e. The van der Waals surface area contributed by atoms with Crippen LogP contribution in [0.15, 0.2) is 24.3 Å². The highest BCUT2D eigenvalue weighted by atomic mass is 16.3. The van der Waals surface area contributed by atoms with Gasteiger partial charge in [-0.2, -0.15) is 0 Å². The average molecular weight is 244 g/mol. The maximum Gasteiger partial charge on any atom is 0.120 e. The van der Waals surface area contributed by atoms with E-state index < -0.39 is 5.60 Å². The molecule has 0 spiro atoms. The third-order valence-electron chi connectivity index (χ3n) is 2.79. The van der Waals surface area contributed by atoms with Crippen LogP contribution in [0.25, 0.3) is 0 Å². The average Bonchev–Trinajstić information content (AvgIpc) is 2.33. The third kappa shape index (κ3) is 6.47. The molecule has 0 amide bonds. The van der Waals surface area contributed by atoms with Crippen LogP contribution in [0, 0.1) is 11.8 Å². The second-order valence-corrected chi connectivity index (χ2v) is 5.32. The van der Waals surface area contributed by atoms with Crippen LogP contribution < -0.4 is 0 Å². The van der Waals surface area contributed by atoms with Gasteiger partial charge in [0, 0.05) is 5.56 Å². The van der Waals surface area contributed by atoms with E-state index >= 15 is 0 Å². The molecule has 0 fully saturated rings. The van der Waals surface area contributed by atoms with Gasteiger partial charge < -0.3 is 5.11 Å². The molecule has 98 valence electrons. The second-order valence-electron chi connectivity index (χ2n) is 5.32. The van der Waals surface area contributed by atoms with E-state index in [1.165, 1.54) is 31.2 Å². The summed E-state index contributed by atoms with van der Waals surface area (Å²) in [7, 11) is 0. The highest BCUT2D eigenvalue weighted by molar-refractivity contribution is 5.37. The minimum Gasteiger partial charge on any atom is -0.378 e. The van der Waals surface area contributed by atoms with E-state index in [2.05, 4.69) is 30.9 Å². The molecule has 0 aliphatic carbocycles. The fraction of sp³-hybridized carbons (Fsp3) is 0.529. The zero-order valence-electron chi connectivity index (χ0n) is 11.8. The maximum absolute atomic E-state index is 9.53. The van der Waals surface area contributed by atoms with E-state index in [4.69, 9.17) is 0 Å². The van der Waals surface area contributed by atoms with Crippen molar-refractivity contribution < 1.29 is 5.11 Å². The number of aliphatic hydroxyl groups is 1. The van der Waals surface area contributed by atoms with Gasteiger partial charge >= 0.3 is 0 Å². The summed E-state index contributed by atoms with van der Waals surface area (Å²) in [5.74, 6) is 5.81. The Morgan fingerprint density at radius 3 is 2.28 bits per heavy atom. The number of hydrogen-bond acceptors (Lipinski definition) is 1. The van der Waals surface area contributed by atoms with E-state index in [-0.39, 0.29) is 0 Å². The van der Waals surface area contributed by atoms with Gasteiger partial charge in [-0.3, -0.25) is 0 Å². The highest BCUT2D eigenvalue weighted by Gasteiger charge is 2.05. The number of aryl methyl sites for hydroxylation is 1.